The average molecular weight is 554 g/mol. The van der Waals surface area contributed by atoms with Gasteiger partial charge in [0, 0.05) is 48.2 Å². The van der Waals surface area contributed by atoms with Crippen molar-refractivity contribution in [1.29, 1.82) is 0 Å². The van der Waals surface area contributed by atoms with Gasteiger partial charge in [-0.25, -0.2) is 8.42 Å². The Morgan fingerprint density at radius 3 is 2.71 bits per heavy atom. The molecule has 0 amide bonds. The summed E-state index contributed by atoms with van der Waals surface area (Å²) in [5.41, 5.74) is 3.26. The van der Waals surface area contributed by atoms with Gasteiger partial charge in [-0.05, 0) is 80.1 Å². The highest BCUT2D eigenvalue weighted by Crippen LogP contribution is 2.53. The fraction of sp³-hybridized carbons (Fsp3) is 0.414. The number of aromatic nitrogens is 1. The second-order valence-corrected chi connectivity index (χ2v) is 12.6. The van der Waals surface area contributed by atoms with Crippen LogP contribution >= 0.6 is 11.6 Å². The first kappa shape index (κ1) is 25.8. The zero-order valence-corrected chi connectivity index (χ0v) is 22.8. The summed E-state index contributed by atoms with van der Waals surface area (Å²) in [4.78, 5) is 4.67. The van der Waals surface area contributed by atoms with Crippen LogP contribution in [0.3, 0.4) is 0 Å². The maximum atomic E-state index is 13.3. The molecule has 6 rings (SSSR count). The van der Waals surface area contributed by atoms with E-state index in [-0.39, 0.29) is 11.5 Å². The van der Waals surface area contributed by atoms with E-state index in [0.717, 1.165) is 61.1 Å². The van der Waals surface area contributed by atoms with Gasteiger partial charge in [-0.2, -0.15) is 4.31 Å². The number of pyridine rings is 1. The smallest absolute Gasteiger partial charge is 0.243 e. The number of nitrogens with zero attached hydrogens (tertiary/aromatic N) is 2. The minimum absolute atomic E-state index is 0.207. The van der Waals surface area contributed by atoms with Gasteiger partial charge in [0.2, 0.25) is 10.0 Å². The van der Waals surface area contributed by atoms with E-state index >= 15 is 0 Å². The lowest BCUT2D eigenvalue weighted by atomic mass is 9.96. The summed E-state index contributed by atoms with van der Waals surface area (Å²) < 4.78 is 41.0. The summed E-state index contributed by atoms with van der Waals surface area (Å²) in [5.74, 6) is 0.878. The molecule has 0 unspecified atom stereocenters. The fourth-order valence-electron chi connectivity index (χ4n) is 5.00. The Balaban J connectivity index is 1.25. The maximum absolute atomic E-state index is 13.3. The number of hydrogen-bond acceptors (Lipinski definition) is 6. The SMILES string of the molecule is O=S(=O)(c1ccc(Cl)c(COC2(c3cnccc3-c3ccccc3OC3CC3)CC2)c1)N1CCCNCC1. The molecule has 3 aromatic rings. The normalized spacial score (nSPS) is 19.6. The summed E-state index contributed by atoms with van der Waals surface area (Å²) in [6.45, 7) is 2.63. The number of ether oxygens (including phenoxy) is 2. The molecule has 200 valence electrons. The molecule has 7 nitrogen and oxygen atoms in total. The van der Waals surface area contributed by atoms with Crippen molar-refractivity contribution in [3.05, 3.63) is 77.1 Å². The zero-order valence-electron chi connectivity index (χ0n) is 21.2. The lowest BCUT2D eigenvalue weighted by molar-refractivity contribution is 0.0173. The van der Waals surface area contributed by atoms with Crippen molar-refractivity contribution in [2.75, 3.05) is 26.2 Å². The van der Waals surface area contributed by atoms with Crippen molar-refractivity contribution in [2.45, 2.75) is 55.3 Å². The minimum Gasteiger partial charge on any atom is -0.490 e. The number of benzene rings is 2. The third-order valence-electron chi connectivity index (χ3n) is 7.47. The van der Waals surface area contributed by atoms with Crippen LogP contribution in [0.2, 0.25) is 5.02 Å². The molecule has 2 aromatic carbocycles. The van der Waals surface area contributed by atoms with E-state index in [2.05, 4.69) is 16.4 Å². The van der Waals surface area contributed by atoms with E-state index in [1.807, 2.05) is 30.5 Å². The molecule has 38 heavy (non-hydrogen) atoms. The van der Waals surface area contributed by atoms with Gasteiger partial charge in [-0.1, -0.05) is 29.8 Å². The molecule has 1 aromatic heterocycles. The Kier molecular flexibility index (Phi) is 7.18. The van der Waals surface area contributed by atoms with E-state index < -0.39 is 15.6 Å². The van der Waals surface area contributed by atoms with Gasteiger partial charge < -0.3 is 14.8 Å². The summed E-state index contributed by atoms with van der Waals surface area (Å²) in [7, 11) is -3.61. The summed E-state index contributed by atoms with van der Waals surface area (Å²) >= 11 is 6.53. The lowest BCUT2D eigenvalue weighted by Gasteiger charge is -2.23. The van der Waals surface area contributed by atoms with Crippen LogP contribution in [0.5, 0.6) is 5.75 Å². The van der Waals surface area contributed by atoms with Crippen LogP contribution in [0.15, 0.2) is 65.8 Å². The molecule has 2 saturated carbocycles. The number of halogens is 1. The third kappa shape index (κ3) is 5.33. The monoisotopic (exact) mass is 553 g/mol. The number of nitrogens with one attached hydrogen (secondary N) is 1. The Bertz CT molecular complexity index is 1410. The molecule has 0 bridgehead atoms. The molecule has 2 aliphatic carbocycles. The Labute approximate surface area is 229 Å². The standard InChI is InChI=1S/C29H32ClN3O4S/c30-27-9-8-23(38(34,35)33-16-3-13-31-15-17-33)18-21(27)20-36-29(11-12-29)26-19-32-14-10-24(26)25-4-1-2-5-28(25)37-22-6-7-22/h1-2,4-5,8-10,14,18-19,22,31H,3,6-7,11-13,15-17,20H2. The Morgan fingerprint density at radius 1 is 1.05 bits per heavy atom. The first-order valence-electron chi connectivity index (χ1n) is 13.3. The topological polar surface area (TPSA) is 80.8 Å². The van der Waals surface area contributed by atoms with Crippen molar-refractivity contribution >= 4 is 21.6 Å². The van der Waals surface area contributed by atoms with E-state index in [1.54, 1.807) is 28.7 Å². The van der Waals surface area contributed by atoms with Crippen molar-refractivity contribution in [1.82, 2.24) is 14.6 Å². The molecule has 0 atom stereocenters. The fourth-order valence-corrected chi connectivity index (χ4v) is 6.71. The number of rotatable bonds is 9. The van der Waals surface area contributed by atoms with Crippen molar-refractivity contribution in [3.8, 4) is 16.9 Å². The van der Waals surface area contributed by atoms with Gasteiger partial charge >= 0.3 is 0 Å². The predicted octanol–water partition coefficient (Wildman–Crippen LogP) is 5.13. The lowest BCUT2D eigenvalue weighted by Crippen LogP contribution is -2.34. The van der Waals surface area contributed by atoms with E-state index in [9.17, 15) is 8.42 Å². The quantitative estimate of drug-likeness (QED) is 0.395. The molecule has 1 saturated heterocycles. The van der Waals surface area contributed by atoms with Crippen LogP contribution < -0.4 is 10.1 Å². The van der Waals surface area contributed by atoms with E-state index in [1.165, 1.54) is 0 Å². The van der Waals surface area contributed by atoms with Crippen molar-refractivity contribution in [2.24, 2.45) is 0 Å². The molecule has 3 aliphatic rings. The van der Waals surface area contributed by atoms with Gasteiger partial charge in [-0.3, -0.25) is 4.98 Å². The first-order valence-corrected chi connectivity index (χ1v) is 15.1. The average Bonchev–Trinajstić information content (AvgIpc) is 3.84. The number of hydrogen-bond donors (Lipinski definition) is 1. The molecule has 0 radical (unpaired) electrons. The molecule has 1 aliphatic heterocycles. The van der Waals surface area contributed by atoms with Crippen molar-refractivity contribution < 1.29 is 17.9 Å². The van der Waals surface area contributed by atoms with E-state index in [0.29, 0.717) is 36.3 Å². The van der Waals surface area contributed by atoms with Gasteiger partial charge in [0.15, 0.2) is 0 Å². The molecule has 1 N–H and O–H groups in total. The summed E-state index contributed by atoms with van der Waals surface area (Å²) in [5, 5.41) is 3.74. The summed E-state index contributed by atoms with van der Waals surface area (Å²) in [6.07, 6.45) is 8.65. The second kappa shape index (κ2) is 10.6. The molecular weight excluding hydrogens is 522 g/mol. The molecule has 3 fully saturated rings. The molecule has 0 spiro atoms. The van der Waals surface area contributed by atoms with Crippen LogP contribution in [-0.2, 0) is 27.0 Å². The first-order chi connectivity index (χ1) is 18.5. The number of sulfonamides is 1. The minimum atomic E-state index is -3.61. The van der Waals surface area contributed by atoms with Gasteiger partial charge in [0.05, 0.1) is 23.2 Å². The largest absolute Gasteiger partial charge is 0.490 e. The predicted molar refractivity (Wildman–Crippen MR) is 147 cm³/mol. The van der Waals surface area contributed by atoms with Crippen LogP contribution in [0.4, 0.5) is 0 Å². The van der Waals surface area contributed by atoms with Crippen LogP contribution in [0.25, 0.3) is 11.1 Å². The number of para-hydroxylation sites is 1. The van der Waals surface area contributed by atoms with Crippen molar-refractivity contribution in [3.63, 3.8) is 0 Å². The van der Waals surface area contributed by atoms with Gasteiger partial charge in [0.25, 0.3) is 0 Å². The zero-order chi connectivity index (χ0) is 26.2. The van der Waals surface area contributed by atoms with Gasteiger partial charge in [-0.15, -0.1) is 0 Å². The Morgan fingerprint density at radius 2 is 1.89 bits per heavy atom. The maximum Gasteiger partial charge on any atom is 0.243 e. The highest BCUT2D eigenvalue weighted by molar-refractivity contribution is 7.89. The van der Waals surface area contributed by atoms with Crippen LogP contribution in [-0.4, -0.2) is 50.0 Å². The highest BCUT2D eigenvalue weighted by Gasteiger charge is 2.48. The molecular formula is C29H32ClN3O4S. The van der Waals surface area contributed by atoms with E-state index in [4.69, 9.17) is 21.1 Å². The molecule has 9 heteroatoms. The van der Waals surface area contributed by atoms with Crippen LogP contribution in [0, 0.1) is 0 Å². The highest BCUT2D eigenvalue weighted by atomic mass is 35.5. The third-order valence-corrected chi connectivity index (χ3v) is 9.73. The second-order valence-electron chi connectivity index (χ2n) is 10.3. The Hall–Kier alpha value is -2.49. The van der Waals surface area contributed by atoms with Crippen LogP contribution in [0.1, 0.15) is 43.2 Å². The molecule has 2 heterocycles. The van der Waals surface area contributed by atoms with Gasteiger partial charge in [0.1, 0.15) is 5.75 Å². The summed E-state index contributed by atoms with van der Waals surface area (Å²) in [6, 6.07) is 15.0.